The van der Waals surface area contributed by atoms with E-state index >= 15 is 0 Å². The fourth-order valence-electron chi connectivity index (χ4n) is 1.63. The summed E-state index contributed by atoms with van der Waals surface area (Å²) in [6, 6.07) is 4.47. The van der Waals surface area contributed by atoms with Crippen LogP contribution in [0.1, 0.15) is 17.4 Å². The van der Waals surface area contributed by atoms with Crippen LogP contribution in [0, 0.1) is 0 Å². The molecule has 2 aromatic rings. The van der Waals surface area contributed by atoms with Gasteiger partial charge in [0.15, 0.2) is 0 Å². The minimum Gasteiger partial charge on any atom is -0.461 e. The number of hydrogen-bond donors (Lipinski definition) is 0. The minimum atomic E-state index is -0.791. The van der Waals surface area contributed by atoms with Crippen molar-refractivity contribution in [1.29, 1.82) is 0 Å². The van der Waals surface area contributed by atoms with E-state index in [0.717, 1.165) is 0 Å². The second-order valence-electron chi connectivity index (χ2n) is 3.91. The molecule has 0 aliphatic heterocycles. The van der Waals surface area contributed by atoms with E-state index < -0.39 is 11.4 Å². The van der Waals surface area contributed by atoms with Gasteiger partial charge in [-0.15, -0.1) is 0 Å². The molecule has 21 heavy (non-hydrogen) atoms. The molecule has 0 unspecified atom stereocenters. The minimum absolute atomic E-state index is 0.147. The summed E-state index contributed by atoms with van der Waals surface area (Å²) in [6.45, 7) is 1.79. The lowest BCUT2D eigenvalue weighted by molar-refractivity contribution is 0.0515. The van der Waals surface area contributed by atoms with Gasteiger partial charge < -0.3 is 4.74 Å². The maximum Gasteiger partial charge on any atom is 0.362 e. The molecule has 0 amide bonds. The molecule has 8 heteroatoms. The van der Waals surface area contributed by atoms with Crippen molar-refractivity contribution in [2.75, 3.05) is 6.61 Å². The predicted molar refractivity (Wildman–Crippen MR) is 83.5 cm³/mol. The SMILES string of the molecule is CCOC(=O)c1nn(-c2c(Cl)cc(Br)cc2Cl)ccc1=O. The Bertz CT molecular complexity index is 738. The standard InChI is InChI=1S/C13H9BrCl2N2O3/c1-2-21-13(20)11-10(19)3-4-18(17-11)12-8(15)5-7(14)6-9(12)16/h3-6H,2H2,1H3. The lowest BCUT2D eigenvalue weighted by atomic mass is 10.3. The molecule has 0 aliphatic rings. The molecule has 2 rings (SSSR count). The number of ether oxygens (including phenoxy) is 1. The quantitative estimate of drug-likeness (QED) is 0.751. The average Bonchev–Trinajstić information content (AvgIpc) is 2.39. The molecule has 0 saturated carbocycles. The zero-order valence-electron chi connectivity index (χ0n) is 10.8. The van der Waals surface area contributed by atoms with Gasteiger partial charge in [-0.2, -0.15) is 5.10 Å². The van der Waals surface area contributed by atoms with Crippen molar-refractivity contribution in [2.24, 2.45) is 0 Å². The van der Waals surface area contributed by atoms with Crippen molar-refractivity contribution < 1.29 is 9.53 Å². The summed E-state index contributed by atoms with van der Waals surface area (Å²) in [7, 11) is 0. The van der Waals surface area contributed by atoms with Gasteiger partial charge in [-0.1, -0.05) is 39.1 Å². The first-order chi connectivity index (χ1) is 9.93. The smallest absolute Gasteiger partial charge is 0.362 e. The Morgan fingerprint density at radius 1 is 1.38 bits per heavy atom. The van der Waals surface area contributed by atoms with E-state index in [1.165, 1.54) is 16.9 Å². The van der Waals surface area contributed by atoms with Crippen LogP contribution in [0.5, 0.6) is 0 Å². The van der Waals surface area contributed by atoms with Crippen LogP contribution in [0.4, 0.5) is 0 Å². The monoisotopic (exact) mass is 390 g/mol. The van der Waals surface area contributed by atoms with Crippen LogP contribution in [0.15, 0.2) is 33.7 Å². The molecule has 1 aromatic heterocycles. The number of esters is 1. The van der Waals surface area contributed by atoms with Crippen molar-refractivity contribution in [3.05, 3.63) is 54.8 Å². The van der Waals surface area contributed by atoms with Crippen LogP contribution < -0.4 is 5.43 Å². The number of nitrogens with zero attached hydrogens (tertiary/aromatic N) is 2. The van der Waals surface area contributed by atoms with Gasteiger partial charge in [0.05, 0.1) is 16.7 Å². The van der Waals surface area contributed by atoms with E-state index in [-0.39, 0.29) is 12.3 Å². The first kappa shape index (κ1) is 16.0. The van der Waals surface area contributed by atoms with E-state index in [1.807, 2.05) is 0 Å². The zero-order chi connectivity index (χ0) is 15.6. The molecule has 5 nitrogen and oxygen atoms in total. The highest BCUT2D eigenvalue weighted by atomic mass is 79.9. The number of aromatic nitrogens is 2. The van der Waals surface area contributed by atoms with Crippen molar-refractivity contribution >= 4 is 45.1 Å². The van der Waals surface area contributed by atoms with Gasteiger partial charge >= 0.3 is 5.97 Å². The molecule has 110 valence electrons. The van der Waals surface area contributed by atoms with E-state index in [9.17, 15) is 9.59 Å². The normalized spacial score (nSPS) is 10.5. The number of rotatable bonds is 3. The van der Waals surface area contributed by atoms with Crippen LogP contribution >= 0.6 is 39.1 Å². The summed E-state index contributed by atoms with van der Waals surface area (Å²) >= 11 is 15.5. The number of hydrogen-bond acceptors (Lipinski definition) is 4. The highest BCUT2D eigenvalue weighted by Crippen LogP contribution is 2.31. The van der Waals surface area contributed by atoms with Gasteiger partial charge in [-0.3, -0.25) is 4.79 Å². The second kappa shape index (κ2) is 6.60. The van der Waals surface area contributed by atoms with Gasteiger partial charge in [0.2, 0.25) is 11.1 Å². The van der Waals surface area contributed by atoms with Crippen molar-refractivity contribution in [3.8, 4) is 5.69 Å². The Balaban J connectivity index is 2.59. The first-order valence-electron chi connectivity index (χ1n) is 5.86. The summed E-state index contributed by atoms with van der Waals surface area (Å²) in [5.41, 5.74) is -0.490. The Kier molecular flexibility index (Phi) is 5.03. The van der Waals surface area contributed by atoms with Crippen LogP contribution in [-0.4, -0.2) is 22.4 Å². The number of halogens is 3. The number of carbonyl (C=O) groups is 1. The Labute approximate surface area is 138 Å². The summed E-state index contributed by atoms with van der Waals surface area (Å²) in [5, 5.41) is 4.60. The highest BCUT2D eigenvalue weighted by Gasteiger charge is 2.16. The largest absolute Gasteiger partial charge is 0.461 e. The highest BCUT2D eigenvalue weighted by molar-refractivity contribution is 9.10. The predicted octanol–water partition coefficient (Wildman–Crippen LogP) is 3.48. The number of carbonyl (C=O) groups excluding carboxylic acids is 1. The fourth-order valence-corrected chi connectivity index (χ4v) is 3.01. The molecule has 0 aliphatic carbocycles. The molecule has 0 atom stereocenters. The van der Waals surface area contributed by atoms with E-state index in [4.69, 9.17) is 27.9 Å². The molecule has 0 bridgehead atoms. The molecule has 0 N–H and O–H groups in total. The van der Waals surface area contributed by atoms with Crippen LogP contribution in [0.25, 0.3) is 5.69 Å². The van der Waals surface area contributed by atoms with E-state index in [0.29, 0.717) is 20.2 Å². The molecule has 0 saturated heterocycles. The topological polar surface area (TPSA) is 61.2 Å². The first-order valence-corrected chi connectivity index (χ1v) is 7.41. The average molecular weight is 392 g/mol. The van der Waals surface area contributed by atoms with Crippen LogP contribution in [-0.2, 0) is 4.74 Å². The molecule has 1 heterocycles. The lowest BCUT2D eigenvalue weighted by Crippen LogP contribution is -2.22. The number of benzene rings is 1. The van der Waals surface area contributed by atoms with Crippen LogP contribution in [0.3, 0.4) is 0 Å². The maximum absolute atomic E-state index is 11.7. The summed E-state index contributed by atoms with van der Waals surface area (Å²) in [4.78, 5) is 23.4. The van der Waals surface area contributed by atoms with Crippen molar-refractivity contribution in [2.45, 2.75) is 6.92 Å². The third-order valence-corrected chi connectivity index (χ3v) is 3.52. The Hall–Kier alpha value is -1.37. The molecule has 1 aromatic carbocycles. The summed E-state index contributed by atoms with van der Waals surface area (Å²) in [5.74, 6) is -0.791. The zero-order valence-corrected chi connectivity index (χ0v) is 13.9. The summed E-state index contributed by atoms with van der Waals surface area (Å²) in [6.07, 6.45) is 1.38. The molecule has 0 radical (unpaired) electrons. The van der Waals surface area contributed by atoms with Gasteiger partial charge in [-0.05, 0) is 19.1 Å². The third-order valence-electron chi connectivity index (χ3n) is 2.49. The molecular weight excluding hydrogens is 383 g/mol. The third kappa shape index (κ3) is 3.45. The molecular formula is C13H9BrCl2N2O3. The van der Waals surface area contributed by atoms with E-state index in [1.54, 1.807) is 19.1 Å². The maximum atomic E-state index is 11.7. The van der Waals surface area contributed by atoms with Gasteiger partial charge in [0, 0.05) is 16.7 Å². The van der Waals surface area contributed by atoms with Crippen LogP contribution in [0.2, 0.25) is 10.0 Å². The van der Waals surface area contributed by atoms with Gasteiger partial charge in [0.1, 0.15) is 5.69 Å². The van der Waals surface area contributed by atoms with Gasteiger partial charge in [0.25, 0.3) is 0 Å². The fraction of sp³-hybridized carbons (Fsp3) is 0.154. The Morgan fingerprint density at radius 3 is 2.57 bits per heavy atom. The van der Waals surface area contributed by atoms with E-state index in [2.05, 4.69) is 21.0 Å². The molecule has 0 spiro atoms. The van der Waals surface area contributed by atoms with Gasteiger partial charge in [-0.25, -0.2) is 9.48 Å². The Morgan fingerprint density at radius 2 is 2.00 bits per heavy atom. The lowest BCUT2D eigenvalue weighted by Gasteiger charge is -2.11. The second-order valence-corrected chi connectivity index (χ2v) is 5.64. The van der Waals surface area contributed by atoms with Crippen molar-refractivity contribution in [3.63, 3.8) is 0 Å². The molecule has 0 fully saturated rings. The van der Waals surface area contributed by atoms with Crippen molar-refractivity contribution in [1.82, 2.24) is 9.78 Å². The summed E-state index contributed by atoms with van der Waals surface area (Å²) < 4.78 is 6.76.